The molecule has 0 saturated carbocycles. The fourth-order valence-corrected chi connectivity index (χ4v) is 5.83. The normalized spacial score (nSPS) is 12.5. The summed E-state index contributed by atoms with van der Waals surface area (Å²) in [6, 6.07) is 16.0. The van der Waals surface area contributed by atoms with Crippen LogP contribution in [0, 0.1) is 11.3 Å². The summed E-state index contributed by atoms with van der Waals surface area (Å²) < 4.78 is 28.6. The Hall–Kier alpha value is -2.98. The largest absolute Gasteiger partial charge is 0.263 e. The van der Waals surface area contributed by atoms with E-state index in [-0.39, 0.29) is 10.0 Å². The average Bonchev–Trinajstić information content (AvgIpc) is 3.50. The van der Waals surface area contributed by atoms with Gasteiger partial charge >= 0.3 is 0 Å². The smallest absolute Gasteiger partial charge is 0.259 e. The number of anilines is 1. The first-order valence-electron chi connectivity index (χ1n) is 9.98. The first-order chi connectivity index (χ1) is 16.4. The Balaban J connectivity index is 1.46. The van der Waals surface area contributed by atoms with Crippen molar-refractivity contribution in [2.75, 3.05) is 4.72 Å². The van der Waals surface area contributed by atoms with Gasteiger partial charge in [0.1, 0.15) is 15.9 Å². The summed E-state index contributed by atoms with van der Waals surface area (Å²) >= 11 is 6.00. The predicted molar refractivity (Wildman–Crippen MR) is 138 cm³/mol. The van der Waals surface area contributed by atoms with Crippen LogP contribution in [-0.4, -0.2) is 29.8 Å². The highest BCUT2D eigenvalue weighted by Crippen LogP contribution is 2.28. The van der Waals surface area contributed by atoms with Gasteiger partial charge in [-0.2, -0.15) is 5.26 Å². The summed E-state index contributed by atoms with van der Waals surface area (Å²) in [5, 5.41) is 20.9. The van der Waals surface area contributed by atoms with Crippen molar-refractivity contribution in [3.8, 4) is 17.3 Å². The second kappa shape index (κ2) is 10.5. The van der Waals surface area contributed by atoms with Crippen LogP contribution in [0.5, 0.6) is 0 Å². The molecule has 0 aliphatic heterocycles. The Morgan fingerprint density at radius 3 is 2.56 bits per heavy atom. The van der Waals surface area contributed by atoms with Gasteiger partial charge < -0.3 is 0 Å². The summed E-state index contributed by atoms with van der Waals surface area (Å²) in [7, 11) is -3.79. The zero-order valence-electron chi connectivity index (χ0n) is 17.7. The van der Waals surface area contributed by atoms with E-state index < -0.39 is 15.9 Å². The monoisotopic (exact) mass is 572 g/mol. The van der Waals surface area contributed by atoms with Crippen LogP contribution < -0.4 is 4.72 Å². The van der Waals surface area contributed by atoms with Crippen molar-refractivity contribution in [1.82, 2.24) is 15.2 Å². The van der Waals surface area contributed by atoms with Crippen LogP contribution in [0.25, 0.3) is 11.3 Å². The van der Waals surface area contributed by atoms with Gasteiger partial charge in [0.15, 0.2) is 0 Å². The maximum atomic E-state index is 12.6. The Bertz CT molecular complexity index is 1460. The minimum absolute atomic E-state index is 0.0793. The van der Waals surface area contributed by atoms with Gasteiger partial charge in [-0.3, -0.25) is 9.71 Å². The minimum atomic E-state index is -3.79. The Labute approximate surface area is 213 Å². The van der Waals surface area contributed by atoms with E-state index in [0.717, 1.165) is 20.7 Å². The molecular weight excluding hydrogens is 556 g/mol. The number of hydrogen-bond acceptors (Lipinski definition) is 9. The highest BCUT2D eigenvalue weighted by atomic mass is 79.9. The van der Waals surface area contributed by atoms with Crippen LogP contribution >= 0.6 is 38.6 Å². The van der Waals surface area contributed by atoms with Gasteiger partial charge in [0.05, 0.1) is 22.3 Å². The molecule has 2 aromatic carbocycles. The standard InChI is InChI=1S/C22H17BrN6O2S3/c1-2-20-27-28-22(33-20)29-34(30,31)18-9-7-17(8-10-18)25-12-15(11-24)21-26-19(13-32-21)14-3-5-16(23)6-4-14/h3-10,12-13,15H,2H2,1H3,(H,28,29). The number of nitrogens with one attached hydrogen (secondary N) is 1. The summed E-state index contributed by atoms with van der Waals surface area (Å²) in [6.07, 6.45) is 2.20. The van der Waals surface area contributed by atoms with Crippen LogP contribution in [0.2, 0.25) is 0 Å². The van der Waals surface area contributed by atoms with Crippen LogP contribution in [-0.2, 0) is 16.4 Å². The van der Waals surface area contributed by atoms with Gasteiger partial charge in [-0.05, 0) is 42.8 Å². The van der Waals surface area contributed by atoms with E-state index in [1.54, 1.807) is 12.1 Å². The van der Waals surface area contributed by atoms with Crippen molar-refractivity contribution in [1.29, 1.82) is 5.26 Å². The van der Waals surface area contributed by atoms with Crippen molar-refractivity contribution < 1.29 is 8.42 Å². The SMILES string of the molecule is CCc1nnc(NS(=O)(=O)c2ccc(N=CC(C#N)c3nc(-c4ccc(Br)cc4)cs3)cc2)s1. The molecule has 1 atom stereocenters. The lowest BCUT2D eigenvalue weighted by atomic mass is 10.1. The molecule has 1 unspecified atom stereocenters. The molecule has 8 nitrogen and oxygen atoms in total. The Morgan fingerprint density at radius 1 is 1.18 bits per heavy atom. The lowest BCUT2D eigenvalue weighted by molar-refractivity contribution is 0.601. The minimum Gasteiger partial charge on any atom is -0.259 e. The van der Waals surface area contributed by atoms with E-state index in [0.29, 0.717) is 17.1 Å². The Kier molecular flexibility index (Phi) is 7.47. The van der Waals surface area contributed by atoms with Crippen LogP contribution in [0.3, 0.4) is 0 Å². The lowest BCUT2D eigenvalue weighted by Gasteiger charge is -2.05. The molecule has 0 saturated heterocycles. The maximum Gasteiger partial charge on any atom is 0.263 e. The van der Waals surface area contributed by atoms with Gasteiger partial charge in [-0.25, -0.2) is 13.4 Å². The molecular formula is C22H17BrN6O2S3. The van der Waals surface area contributed by atoms with Crippen LogP contribution in [0.15, 0.2) is 68.3 Å². The van der Waals surface area contributed by atoms with Gasteiger partial charge in [0.2, 0.25) is 5.13 Å². The fraction of sp³-hybridized carbons (Fsp3) is 0.136. The predicted octanol–water partition coefficient (Wildman–Crippen LogP) is 5.80. The molecule has 12 heteroatoms. The molecule has 172 valence electrons. The molecule has 0 spiro atoms. The number of nitrogens with zero attached hydrogens (tertiary/aromatic N) is 5. The molecule has 0 amide bonds. The lowest BCUT2D eigenvalue weighted by Crippen LogP contribution is -2.12. The highest BCUT2D eigenvalue weighted by molar-refractivity contribution is 9.10. The van der Waals surface area contributed by atoms with Crippen molar-refractivity contribution in [2.24, 2.45) is 4.99 Å². The third kappa shape index (κ3) is 5.74. The van der Waals surface area contributed by atoms with E-state index >= 15 is 0 Å². The van der Waals surface area contributed by atoms with Crippen LogP contribution in [0.1, 0.15) is 22.9 Å². The second-order valence-corrected chi connectivity index (χ2v) is 11.5. The molecule has 2 aromatic heterocycles. The number of aryl methyl sites for hydroxylation is 1. The molecule has 0 radical (unpaired) electrons. The Morgan fingerprint density at radius 2 is 1.91 bits per heavy atom. The number of aromatic nitrogens is 3. The number of aliphatic imine (C=N–C) groups is 1. The third-order valence-corrected chi connectivity index (χ3v) is 8.50. The molecule has 4 aromatic rings. The number of benzene rings is 2. The number of nitriles is 1. The summed E-state index contributed by atoms with van der Waals surface area (Å²) in [6.45, 7) is 1.92. The van der Waals surface area contributed by atoms with Gasteiger partial charge in [-0.15, -0.1) is 21.5 Å². The average molecular weight is 574 g/mol. The summed E-state index contributed by atoms with van der Waals surface area (Å²) in [4.78, 5) is 9.01. The highest BCUT2D eigenvalue weighted by Gasteiger charge is 2.17. The molecule has 0 aliphatic carbocycles. The zero-order valence-corrected chi connectivity index (χ0v) is 21.7. The quantitative estimate of drug-likeness (QED) is 0.266. The molecule has 2 heterocycles. The number of thiazole rings is 1. The van der Waals surface area contributed by atoms with E-state index in [2.05, 4.69) is 46.9 Å². The van der Waals surface area contributed by atoms with E-state index in [9.17, 15) is 13.7 Å². The molecule has 1 N–H and O–H groups in total. The topological polar surface area (TPSA) is 121 Å². The van der Waals surface area contributed by atoms with E-state index in [4.69, 9.17) is 0 Å². The number of sulfonamides is 1. The number of rotatable bonds is 8. The molecule has 34 heavy (non-hydrogen) atoms. The molecule has 0 bridgehead atoms. The van der Waals surface area contributed by atoms with Gasteiger partial charge in [0, 0.05) is 21.6 Å². The number of hydrogen-bond donors (Lipinski definition) is 1. The van der Waals surface area contributed by atoms with Crippen molar-refractivity contribution in [2.45, 2.75) is 24.2 Å². The fourth-order valence-electron chi connectivity index (χ4n) is 2.82. The summed E-state index contributed by atoms with van der Waals surface area (Å²) in [5.41, 5.74) is 2.28. The van der Waals surface area contributed by atoms with Gasteiger partial charge in [-0.1, -0.05) is 46.3 Å². The first-order valence-corrected chi connectivity index (χ1v) is 14.0. The van der Waals surface area contributed by atoms with Crippen molar-refractivity contribution in [3.05, 3.63) is 68.4 Å². The van der Waals surface area contributed by atoms with Crippen LogP contribution in [0.4, 0.5) is 10.8 Å². The zero-order chi connectivity index (χ0) is 24.1. The molecule has 0 aliphatic rings. The van der Waals surface area contributed by atoms with E-state index in [1.807, 2.05) is 36.6 Å². The van der Waals surface area contributed by atoms with Crippen molar-refractivity contribution in [3.63, 3.8) is 0 Å². The molecule has 4 rings (SSSR count). The number of halogens is 1. The van der Waals surface area contributed by atoms with E-state index in [1.165, 1.54) is 41.0 Å². The summed E-state index contributed by atoms with van der Waals surface area (Å²) in [5.74, 6) is -0.621. The third-order valence-electron chi connectivity index (χ3n) is 4.58. The van der Waals surface area contributed by atoms with Crippen molar-refractivity contribution >= 4 is 65.7 Å². The second-order valence-electron chi connectivity index (χ2n) is 6.92. The first kappa shape index (κ1) is 24.2. The molecule has 0 fully saturated rings. The maximum absolute atomic E-state index is 12.6. The van der Waals surface area contributed by atoms with Gasteiger partial charge in [0.25, 0.3) is 10.0 Å².